The molecule has 1 fully saturated rings. The van der Waals surface area contributed by atoms with Gasteiger partial charge in [-0.25, -0.2) is 4.99 Å². The van der Waals surface area contributed by atoms with Crippen LogP contribution in [0.3, 0.4) is 0 Å². The lowest BCUT2D eigenvalue weighted by Crippen LogP contribution is -2.16. The second kappa shape index (κ2) is 6.04. The number of nitrogens with zero attached hydrogens (tertiary/aromatic N) is 2. The zero-order chi connectivity index (χ0) is 13.0. The zero-order valence-corrected chi connectivity index (χ0v) is 12.4. The van der Waals surface area contributed by atoms with E-state index in [0.717, 1.165) is 24.5 Å². The van der Waals surface area contributed by atoms with E-state index in [2.05, 4.69) is 36.0 Å². The Morgan fingerprint density at radius 2 is 2.00 bits per heavy atom. The predicted molar refractivity (Wildman–Crippen MR) is 78.2 cm³/mol. The van der Waals surface area contributed by atoms with Crippen molar-refractivity contribution in [1.82, 2.24) is 4.90 Å². The summed E-state index contributed by atoms with van der Waals surface area (Å²) in [5.74, 6) is 0.921. The second-order valence-corrected chi connectivity index (χ2v) is 6.94. The molecule has 0 saturated carbocycles. The standard InChI is InChI=1S/C14H21N2OSi/c1-12-7-6-8-13(17-18(2)3)14(12)15-11-16-9-4-5-10-16/h6-8,11H,4-5,9-10H2,1-3H3. The number of likely N-dealkylation sites (tertiary alicyclic amines) is 1. The van der Waals surface area contributed by atoms with Crippen LogP contribution in [0.5, 0.6) is 5.75 Å². The molecule has 97 valence electrons. The molecule has 1 aromatic carbocycles. The molecule has 0 amide bonds. The molecule has 0 spiro atoms. The quantitative estimate of drug-likeness (QED) is 0.471. The Morgan fingerprint density at radius 1 is 1.28 bits per heavy atom. The third-order valence-corrected chi connectivity index (χ3v) is 3.63. The van der Waals surface area contributed by atoms with Crippen molar-refractivity contribution in [3.8, 4) is 5.75 Å². The topological polar surface area (TPSA) is 24.8 Å². The lowest BCUT2D eigenvalue weighted by Gasteiger charge is -2.14. The highest BCUT2D eigenvalue weighted by Crippen LogP contribution is 2.31. The maximum absolute atomic E-state index is 5.91. The van der Waals surface area contributed by atoms with Gasteiger partial charge in [-0.1, -0.05) is 12.1 Å². The van der Waals surface area contributed by atoms with Gasteiger partial charge in [0, 0.05) is 13.1 Å². The smallest absolute Gasteiger partial charge is 0.274 e. The molecule has 0 atom stereocenters. The van der Waals surface area contributed by atoms with Crippen molar-refractivity contribution in [3.63, 3.8) is 0 Å². The van der Waals surface area contributed by atoms with Gasteiger partial charge in [0.05, 0.1) is 6.34 Å². The summed E-state index contributed by atoms with van der Waals surface area (Å²) < 4.78 is 5.91. The lowest BCUT2D eigenvalue weighted by molar-refractivity contribution is 0.535. The van der Waals surface area contributed by atoms with Crippen LogP contribution in [0.1, 0.15) is 18.4 Å². The van der Waals surface area contributed by atoms with Gasteiger partial charge in [-0.3, -0.25) is 0 Å². The molecule has 1 aromatic rings. The molecule has 1 aliphatic rings. The molecular formula is C14H21N2OSi. The molecule has 18 heavy (non-hydrogen) atoms. The van der Waals surface area contributed by atoms with Crippen LogP contribution in [0.2, 0.25) is 13.1 Å². The van der Waals surface area contributed by atoms with Crippen molar-refractivity contribution in [3.05, 3.63) is 23.8 Å². The first kappa shape index (κ1) is 13.1. The summed E-state index contributed by atoms with van der Waals surface area (Å²) in [6.07, 6.45) is 4.53. The van der Waals surface area contributed by atoms with Crippen LogP contribution < -0.4 is 4.43 Å². The molecule has 3 nitrogen and oxygen atoms in total. The van der Waals surface area contributed by atoms with E-state index in [-0.39, 0.29) is 0 Å². The van der Waals surface area contributed by atoms with Crippen molar-refractivity contribution in [2.45, 2.75) is 32.9 Å². The molecule has 1 heterocycles. The zero-order valence-electron chi connectivity index (χ0n) is 11.4. The van der Waals surface area contributed by atoms with E-state index >= 15 is 0 Å². The molecule has 1 aliphatic heterocycles. The van der Waals surface area contributed by atoms with Crippen LogP contribution in [-0.4, -0.2) is 33.4 Å². The molecule has 2 rings (SSSR count). The van der Waals surface area contributed by atoms with Crippen LogP contribution in [0.25, 0.3) is 0 Å². The normalized spacial score (nSPS) is 15.9. The third kappa shape index (κ3) is 3.35. The summed E-state index contributed by atoms with van der Waals surface area (Å²) >= 11 is 0. The van der Waals surface area contributed by atoms with E-state index in [9.17, 15) is 0 Å². The number of rotatable bonds is 4. The Morgan fingerprint density at radius 3 is 2.67 bits per heavy atom. The SMILES string of the molecule is Cc1cccc(O[Si](C)C)c1N=CN1CCCC1. The summed E-state index contributed by atoms with van der Waals surface area (Å²) in [5.41, 5.74) is 2.15. The molecule has 0 unspecified atom stereocenters. The van der Waals surface area contributed by atoms with Gasteiger partial charge in [-0.05, 0) is 44.5 Å². The predicted octanol–water partition coefficient (Wildman–Crippen LogP) is 3.38. The van der Waals surface area contributed by atoms with Gasteiger partial charge in [0.25, 0.3) is 9.04 Å². The average molecular weight is 261 g/mol. The van der Waals surface area contributed by atoms with Crippen molar-refractivity contribution in [2.75, 3.05) is 13.1 Å². The Bertz CT molecular complexity index is 426. The van der Waals surface area contributed by atoms with Crippen molar-refractivity contribution >= 4 is 21.1 Å². The van der Waals surface area contributed by atoms with E-state index in [4.69, 9.17) is 4.43 Å². The maximum Gasteiger partial charge on any atom is 0.274 e. The van der Waals surface area contributed by atoms with E-state index in [1.807, 2.05) is 18.5 Å². The Kier molecular flexibility index (Phi) is 4.41. The first-order chi connectivity index (χ1) is 8.66. The van der Waals surface area contributed by atoms with Crippen molar-refractivity contribution in [1.29, 1.82) is 0 Å². The summed E-state index contributed by atoms with van der Waals surface area (Å²) in [7, 11) is -0.749. The maximum atomic E-state index is 5.91. The highest BCUT2D eigenvalue weighted by molar-refractivity contribution is 6.49. The number of hydrogen-bond donors (Lipinski definition) is 0. The molecule has 0 aromatic heterocycles. The van der Waals surface area contributed by atoms with Gasteiger partial charge in [-0.15, -0.1) is 0 Å². The lowest BCUT2D eigenvalue weighted by atomic mass is 10.2. The average Bonchev–Trinajstić information content (AvgIpc) is 2.80. The van der Waals surface area contributed by atoms with Crippen LogP contribution in [0.4, 0.5) is 5.69 Å². The van der Waals surface area contributed by atoms with E-state index < -0.39 is 9.04 Å². The molecule has 1 radical (unpaired) electrons. The largest absolute Gasteiger partial charge is 0.541 e. The van der Waals surface area contributed by atoms with E-state index in [1.54, 1.807) is 0 Å². The summed E-state index contributed by atoms with van der Waals surface area (Å²) in [6.45, 7) is 8.62. The minimum Gasteiger partial charge on any atom is -0.541 e. The van der Waals surface area contributed by atoms with Gasteiger partial charge in [0.2, 0.25) is 0 Å². The first-order valence-electron chi connectivity index (χ1n) is 6.52. The van der Waals surface area contributed by atoms with Gasteiger partial charge in [0.1, 0.15) is 11.4 Å². The summed E-state index contributed by atoms with van der Waals surface area (Å²) in [6, 6.07) is 6.13. The van der Waals surface area contributed by atoms with Gasteiger partial charge < -0.3 is 9.33 Å². The number of hydrogen-bond acceptors (Lipinski definition) is 2. The summed E-state index contributed by atoms with van der Waals surface area (Å²) in [4.78, 5) is 6.91. The monoisotopic (exact) mass is 261 g/mol. The highest BCUT2D eigenvalue weighted by Gasteiger charge is 2.10. The Labute approximate surface area is 111 Å². The van der Waals surface area contributed by atoms with Crippen molar-refractivity contribution in [2.24, 2.45) is 4.99 Å². The fourth-order valence-electron chi connectivity index (χ4n) is 2.10. The molecule has 4 heteroatoms. The fourth-order valence-corrected chi connectivity index (χ4v) is 2.70. The molecule has 1 saturated heterocycles. The van der Waals surface area contributed by atoms with Gasteiger partial charge >= 0.3 is 0 Å². The van der Waals surface area contributed by atoms with Crippen molar-refractivity contribution < 1.29 is 4.43 Å². The fraction of sp³-hybridized carbons (Fsp3) is 0.500. The molecule has 0 aliphatic carbocycles. The highest BCUT2D eigenvalue weighted by atomic mass is 28.3. The number of para-hydroxylation sites is 1. The Hall–Kier alpha value is -1.29. The number of aliphatic imine (C=N–C) groups is 1. The summed E-state index contributed by atoms with van der Waals surface area (Å²) in [5, 5.41) is 0. The molecule has 0 bridgehead atoms. The molecular weight excluding hydrogens is 240 g/mol. The van der Waals surface area contributed by atoms with E-state index in [1.165, 1.54) is 18.4 Å². The Balaban J connectivity index is 2.18. The third-order valence-electron chi connectivity index (χ3n) is 3.01. The van der Waals surface area contributed by atoms with Crippen LogP contribution >= 0.6 is 0 Å². The van der Waals surface area contributed by atoms with Crippen LogP contribution in [0, 0.1) is 6.92 Å². The number of aryl methyl sites for hydroxylation is 1. The van der Waals surface area contributed by atoms with Crippen LogP contribution in [-0.2, 0) is 0 Å². The van der Waals surface area contributed by atoms with Gasteiger partial charge in [0.15, 0.2) is 0 Å². The second-order valence-electron chi connectivity index (χ2n) is 4.92. The minimum absolute atomic E-state index is 0.749. The van der Waals surface area contributed by atoms with Gasteiger partial charge in [-0.2, -0.15) is 0 Å². The number of benzene rings is 1. The first-order valence-corrected chi connectivity index (χ1v) is 8.93. The minimum atomic E-state index is -0.749. The molecule has 0 N–H and O–H groups in total. The van der Waals surface area contributed by atoms with Crippen LogP contribution in [0.15, 0.2) is 23.2 Å². The van der Waals surface area contributed by atoms with E-state index in [0.29, 0.717) is 0 Å².